The predicted octanol–water partition coefficient (Wildman–Crippen LogP) is 5.30. The van der Waals surface area contributed by atoms with Crippen molar-refractivity contribution < 1.29 is 18.0 Å². The first kappa shape index (κ1) is 25.1. The van der Waals surface area contributed by atoms with Crippen LogP contribution in [0, 0.1) is 5.92 Å². The van der Waals surface area contributed by atoms with E-state index < -0.39 is 15.8 Å². The number of para-hydroxylation sites is 1. The van der Waals surface area contributed by atoms with Crippen LogP contribution in [-0.2, 0) is 26.0 Å². The summed E-state index contributed by atoms with van der Waals surface area (Å²) >= 11 is 0. The smallest absolute Gasteiger partial charge is 0.233 e. The van der Waals surface area contributed by atoms with E-state index in [0.717, 1.165) is 12.0 Å². The van der Waals surface area contributed by atoms with Crippen LogP contribution in [0.2, 0.25) is 0 Å². The molecular weight excluding hydrogens is 512 g/mol. The van der Waals surface area contributed by atoms with Crippen LogP contribution in [0.1, 0.15) is 42.7 Å². The van der Waals surface area contributed by atoms with E-state index in [9.17, 15) is 18.0 Å². The summed E-state index contributed by atoms with van der Waals surface area (Å²) in [6, 6.07) is 23.5. The van der Waals surface area contributed by atoms with Gasteiger partial charge in [-0.15, -0.1) is 0 Å². The van der Waals surface area contributed by atoms with Gasteiger partial charge in [0.2, 0.25) is 15.7 Å². The largest absolute Gasteiger partial charge is 0.353 e. The molecule has 2 heterocycles. The second-order valence-corrected chi connectivity index (χ2v) is 12.1. The Morgan fingerprint density at radius 1 is 1.00 bits per heavy atom. The average molecular weight is 541 g/mol. The highest BCUT2D eigenvalue weighted by Crippen LogP contribution is 2.42. The molecule has 6 rings (SSSR count). The lowest BCUT2D eigenvalue weighted by Crippen LogP contribution is -2.24. The predicted molar refractivity (Wildman–Crippen MR) is 148 cm³/mol. The molecule has 1 saturated carbocycles. The van der Waals surface area contributed by atoms with Crippen molar-refractivity contribution in [2.75, 3.05) is 10.6 Å². The molecule has 1 aliphatic carbocycles. The fourth-order valence-electron chi connectivity index (χ4n) is 5.48. The number of nitrogens with one attached hydrogen (secondary N) is 2. The lowest BCUT2D eigenvalue weighted by molar-refractivity contribution is -0.119. The first-order chi connectivity index (χ1) is 18.9. The number of carbonyl (C=O) groups excluding carboxylic acids is 2. The van der Waals surface area contributed by atoms with E-state index in [1.807, 2.05) is 36.5 Å². The molecule has 0 radical (unpaired) electrons. The monoisotopic (exact) mass is 540 g/mol. The van der Waals surface area contributed by atoms with E-state index >= 15 is 0 Å². The number of anilines is 3. The van der Waals surface area contributed by atoms with Crippen LogP contribution in [0.25, 0.3) is 0 Å². The number of sulfone groups is 1. The fourth-order valence-corrected chi connectivity index (χ4v) is 7.03. The van der Waals surface area contributed by atoms with Crippen molar-refractivity contribution in [3.8, 4) is 0 Å². The molecule has 2 unspecified atom stereocenters. The maximum atomic E-state index is 13.7. The molecule has 1 aromatic heterocycles. The number of benzene rings is 3. The molecule has 198 valence electrons. The quantitative estimate of drug-likeness (QED) is 0.290. The second kappa shape index (κ2) is 10.1. The van der Waals surface area contributed by atoms with Gasteiger partial charge in [0.05, 0.1) is 33.6 Å². The number of aromatic nitrogens is 2. The van der Waals surface area contributed by atoms with Gasteiger partial charge in [0.15, 0.2) is 5.82 Å². The summed E-state index contributed by atoms with van der Waals surface area (Å²) < 4.78 is 28.2. The maximum Gasteiger partial charge on any atom is 0.233 e. The van der Waals surface area contributed by atoms with Crippen molar-refractivity contribution in [3.63, 3.8) is 0 Å². The topological polar surface area (TPSA) is 110 Å². The van der Waals surface area contributed by atoms with Gasteiger partial charge in [0, 0.05) is 25.1 Å². The molecule has 0 bridgehead atoms. The zero-order chi connectivity index (χ0) is 27.0. The highest BCUT2D eigenvalue weighted by atomic mass is 32.2. The number of amides is 1. The lowest BCUT2D eigenvalue weighted by Gasteiger charge is -2.25. The number of ketones is 1. The minimum Gasteiger partial charge on any atom is -0.353 e. The molecule has 8 nitrogen and oxygen atoms in total. The highest BCUT2D eigenvalue weighted by molar-refractivity contribution is 7.92. The summed E-state index contributed by atoms with van der Waals surface area (Å²) in [5.41, 5.74) is 2.74. The molecule has 1 amide bonds. The number of rotatable bonds is 7. The Labute approximate surface area is 227 Å². The first-order valence-electron chi connectivity index (χ1n) is 13.0. The highest BCUT2D eigenvalue weighted by Gasteiger charge is 2.33. The number of fused-ring (bicyclic) bond motifs is 2. The van der Waals surface area contributed by atoms with Gasteiger partial charge < -0.3 is 10.6 Å². The van der Waals surface area contributed by atoms with Crippen molar-refractivity contribution >= 4 is 38.7 Å². The molecule has 0 spiro atoms. The van der Waals surface area contributed by atoms with Gasteiger partial charge in [-0.1, -0.05) is 48.5 Å². The van der Waals surface area contributed by atoms with E-state index in [0.29, 0.717) is 48.6 Å². The summed E-state index contributed by atoms with van der Waals surface area (Å²) in [5, 5.41) is 10.7. The number of Topliss-reactive ketones (excluding diaryl/α,β-unsaturated/α-hetero) is 1. The Balaban J connectivity index is 1.28. The molecule has 3 aromatic carbocycles. The summed E-state index contributed by atoms with van der Waals surface area (Å²) in [7, 11) is -3.69. The number of hydrogen-bond donors (Lipinski definition) is 2. The number of nitrogens with zero attached hydrogens (tertiary/aromatic N) is 2. The fraction of sp³-hybridized carbons (Fsp3) is 0.233. The van der Waals surface area contributed by atoms with Crippen molar-refractivity contribution in [1.29, 1.82) is 0 Å². The normalized spacial score (nSPS) is 18.1. The Bertz CT molecular complexity index is 1660. The zero-order valence-corrected chi connectivity index (χ0v) is 22.0. The van der Waals surface area contributed by atoms with E-state index in [1.54, 1.807) is 53.2 Å². The SMILES string of the molecule is O=C1CCC(CC(C(=O)Nc2ccn(Cc3ccccc3)n2)c2ccc3c(c2)Nc2ccccc2S3(=O)=O)C1. The van der Waals surface area contributed by atoms with Crippen LogP contribution < -0.4 is 10.6 Å². The van der Waals surface area contributed by atoms with Crippen LogP contribution in [0.5, 0.6) is 0 Å². The van der Waals surface area contributed by atoms with Crippen LogP contribution in [0.4, 0.5) is 17.2 Å². The van der Waals surface area contributed by atoms with Gasteiger partial charge in [-0.05, 0) is 54.2 Å². The van der Waals surface area contributed by atoms with E-state index in [-0.39, 0.29) is 27.4 Å². The van der Waals surface area contributed by atoms with Gasteiger partial charge in [-0.3, -0.25) is 14.3 Å². The average Bonchev–Trinajstić information content (AvgIpc) is 3.55. The molecule has 0 saturated heterocycles. The van der Waals surface area contributed by atoms with E-state index in [4.69, 9.17) is 0 Å². The third-order valence-corrected chi connectivity index (χ3v) is 9.32. The van der Waals surface area contributed by atoms with Crippen LogP contribution in [-0.4, -0.2) is 29.9 Å². The van der Waals surface area contributed by atoms with Gasteiger partial charge in [-0.25, -0.2) is 8.42 Å². The lowest BCUT2D eigenvalue weighted by atomic mass is 9.87. The van der Waals surface area contributed by atoms with Crippen molar-refractivity contribution in [3.05, 3.63) is 96.2 Å². The summed E-state index contributed by atoms with van der Waals surface area (Å²) in [6.07, 6.45) is 4.05. The first-order valence-corrected chi connectivity index (χ1v) is 14.5. The minimum absolute atomic E-state index is 0.0948. The van der Waals surface area contributed by atoms with Crippen molar-refractivity contribution in [2.45, 2.75) is 47.9 Å². The molecule has 2 aliphatic rings. The number of hydrogen-bond acceptors (Lipinski definition) is 6. The van der Waals surface area contributed by atoms with E-state index in [2.05, 4.69) is 15.7 Å². The van der Waals surface area contributed by atoms with Crippen molar-refractivity contribution in [2.24, 2.45) is 5.92 Å². The Morgan fingerprint density at radius 3 is 2.56 bits per heavy atom. The van der Waals surface area contributed by atoms with Crippen LogP contribution in [0.3, 0.4) is 0 Å². The molecule has 2 atom stereocenters. The van der Waals surface area contributed by atoms with Gasteiger partial charge in [-0.2, -0.15) is 5.10 Å². The van der Waals surface area contributed by atoms with Gasteiger partial charge in [0.25, 0.3) is 0 Å². The van der Waals surface area contributed by atoms with Crippen molar-refractivity contribution in [1.82, 2.24) is 9.78 Å². The standard InChI is InChI=1S/C30H28N4O4S/c35-23-12-10-21(16-23)17-24(30(36)32-29-14-15-34(33-29)19-20-6-2-1-3-7-20)22-11-13-28-26(18-22)31-25-8-4-5-9-27(25)39(28,37)38/h1-9,11,13-15,18,21,24,31H,10,12,16-17,19H2,(H,32,33,36). The summed E-state index contributed by atoms with van der Waals surface area (Å²) in [4.78, 5) is 26.0. The second-order valence-electron chi connectivity index (χ2n) is 10.2. The Morgan fingerprint density at radius 2 is 1.77 bits per heavy atom. The summed E-state index contributed by atoms with van der Waals surface area (Å²) in [5.74, 6) is -0.0625. The molecular formula is C30H28N4O4S. The van der Waals surface area contributed by atoms with Gasteiger partial charge in [0.1, 0.15) is 5.78 Å². The van der Waals surface area contributed by atoms with Gasteiger partial charge >= 0.3 is 0 Å². The molecule has 39 heavy (non-hydrogen) atoms. The minimum atomic E-state index is -3.69. The molecule has 1 aliphatic heterocycles. The molecule has 9 heteroatoms. The van der Waals surface area contributed by atoms with Crippen LogP contribution >= 0.6 is 0 Å². The summed E-state index contributed by atoms with van der Waals surface area (Å²) in [6.45, 7) is 0.580. The molecule has 4 aromatic rings. The maximum absolute atomic E-state index is 13.7. The molecule has 1 fully saturated rings. The molecule has 2 N–H and O–H groups in total. The Kier molecular flexibility index (Phi) is 6.52. The van der Waals surface area contributed by atoms with Crippen LogP contribution in [0.15, 0.2) is 94.9 Å². The Hall–Kier alpha value is -4.24. The number of carbonyl (C=O) groups is 2. The third-order valence-electron chi connectivity index (χ3n) is 7.45. The third kappa shape index (κ3) is 5.09. The zero-order valence-electron chi connectivity index (χ0n) is 21.2. The van der Waals surface area contributed by atoms with E-state index in [1.165, 1.54) is 0 Å².